The van der Waals surface area contributed by atoms with E-state index in [1.54, 1.807) is 18.2 Å². The topological polar surface area (TPSA) is 50.2 Å². The summed E-state index contributed by atoms with van der Waals surface area (Å²) in [6.45, 7) is 3.83. The average Bonchev–Trinajstić information content (AvgIpc) is 2.50. The van der Waals surface area contributed by atoms with Crippen LogP contribution in [0.5, 0.6) is 0 Å². The van der Waals surface area contributed by atoms with E-state index < -0.39 is 5.97 Å². The molecule has 1 aromatic heterocycles. The fourth-order valence-corrected chi connectivity index (χ4v) is 2.80. The molecule has 0 bridgehead atoms. The summed E-state index contributed by atoms with van der Waals surface area (Å²) in [4.78, 5) is 16.3. The first kappa shape index (κ1) is 14.5. The molecule has 0 aliphatic rings. The van der Waals surface area contributed by atoms with E-state index in [1.165, 1.54) is 0 Å². The molecule has 0 saturated carbocycles. The number of pyridine rings is 1. The van der Waals surface area contributed by atoms with Gasteiger partial charge in [0, 0.05) is 16.0 Å². The van der Waals surface area contributed by atoms with Crippen molar-refractivity contribution in [3.63, 3.8) is 0 Å². The quantitative estimate of drug-likeness (QED) is 0.734. The number of aromatic nitrogens is 1. The first-order chi connectivity index (χ1) is 10.5. The number of carboxylic acid groups (broad SMARTS) is 1. The number of aromatic carboxylic acids is 1. The summed E-state index contributed by atoms with van der Waals surface area (Å²) >= 11 is 6.03. The monoisotopic (exact) mass is 311 g/mol. The molecule has 3 rings (SSSR count). The first-order valence-corrected chi connectivity index (χ1v) is 7.25. The average molecular weight is 312 g/mol. The molecule has 0 atom stereocenters. The number of nitrogens with zero attached hydrogens (tertiary/aromatic N) is 1. The molecule has 110 valence electrons. The van der Waals surface area contributed by atoms with Crippen molar-refractivity contribution >= 4 is 28.5 Å². The number of hydrogen-bond acceptors (Lipinski definition) is 2. The lowest BCUT2D eigenvalue weighted by atomic mass is 9.98. The molecule has 3 aromatic rings. The van der Waals surface area contributed by atoms with Crippen molar-refractivity contribution in [1.29, 1.82) is 0 Å². The van der Waals surface area contributed by atoms with Crippen molar-refractivity contribution in [1.82, 2.24) is 4.98 Å². The van der Waals surface area contributed by atoms with Gasteiger partial charge in [0.1, 0.15) is 0 Å². The Bertz CT molecular complexity index is 903. The van der Waals surface area contributed by atoms with Gasteiger partial charge in [0.2, 0.25) is 0 Å². The minimum absolute atomic E-state index is 0.265. The van der Waals surface area contributed by atoms with Gasteiger partial charge in [-0.25, -0.2) is 9.78 Å². The van der Waals surface area contributed by atoms with Gasteiger partial charge < -0.3 is 5.11 Å². The molecule has 2 aromatic carbocycles. The molecule has 0 radical (unpaired) electrons. The van der Waals surface area contributed by atoms with E-state index >= 15 is 0 Å². The lowest BCUT2D eigenvalue weighted by molar-refractivity contribution is 0.0699. The van der Waals surface area contributed by atoms with Gasteiger partial charge in [0.25, 0.3) is 0 Å². The van der Waals surface area contributed by atoms with Crippen LogP contribution in [0.4, 0.5) is 0 Å². The van der Waals surface area contributed by atoms with E-state index in [2.05, 4.69) is 4.98 Å². The number of carboxylic acids is 1. The van der Waals surface area contributed by atoms with Crippen molar-refractivity contribution in [2.24, 2.45) is 0 Å². The molecule has 1 heterocycles. The minimum Gasteiger partial charge on any atom is -0.478 e. The summed E-state index contributed by atoms with van der Waals surface area (Å²) in [5.74, 6) is -0.954. The van der Waals surface area contributed by atoms with Crippen molar-refractivity contribution in [3.05, 3.63) is 64.2 Å². The van der Waals surface area contributed by atoms with E-state index in [0.717, 1.165) is 22.2 Å². The van der Waals surface area contributed by atoms with Gasteiger partial charge in [0.15, 0.2) is 0 Å². The van der Waals surface area contributed by atoms with Gasteiger partial charge in [-0.3, -0.25) is 0 Å². The van der Waals surface area contributed by atoms with Crippen LogP contribution in [0, 0.1) is 13.8 Å². The van der Waals surface area contributed by atoms with E-state index in [1.807, 2.05) is 38.1 Å². The van der Waals surface area contributed by atoms with Crippen LogP contribution >= 0.6 is 11.6 Å². The smallest absolute Gasteiger partial charge is 0.336 e. The van der Waals surface area contributed by atoms with Gasteiger partial charge >= 0.3 is 5.97 Å². The van der Waals surface area contributed by atoms with E-state index in [4.69, 9.17) is 11.6 Å². The summed E-state index contributed by atoms with van der Waals surface area (Å²) in [6, 6.07) is 12.8. The summed E-state index contributed by atoms with van der Waals surface area (Å²) in [7, 11) is 0. The summed E-state index contributed by atoms with van der Waals surface area (Å²) < 4.78 is 0. The number of aryl methyl sites for hydroxylation is 2. The molecule has 0 unspecified atom stereocenters. The van der Waals surface area contributed by atoms with Crippen LogP contribution in [0.3, 0.4) is 0 Å². The van der Waals surface area contributed by atoms with Crippen LogP contribution < -0.4 is 0 Å². The predicted octanol–water partition coefficient (Wildman–Crippen LogP) is 4.87. The minimum atomic E-state index is -0.954. The molecule has 0 aliphatic carbocycles. The molecule has 3 nitrogen and oxygen atoms in total. The van der Waals surface area contributed by atoms with Crippen molar-refractivity contribution in [2.45, 2.75) is 13.8 Å². The Labute approximate surface area is 133 Å². The van der Waals surface area contributed by atoms with E-state index in [-0.39, 0.29) is 5.56 Å². The lowest BCUT2D eigenvalue weighted by Crippen LogP contribution is -2.02. The highest BCUT2D eigenvalue weighted by Crippen LogP contribution is 2.30. The molecule has 0 amide bonds. The number of rotatable bonds is 2. The molecular formula is C18H14ClNO2. The number of carbonyl (C=O) groups is 1. The Morgan fingerprint density at radius 1 is 1.09 bits per heavy atom. The van der Waals surface area contributed by atoms with Gasteiger partial charge in [-0.1, -0.05) is 35.9 Å². The molecule has 0 saturated heterocycles. The second kappa shape index (κ2) is 5.43. The zero-order valence-electron chi connectivity index (χ0n) is 12.2. The largest absolute Gasteiger partial charge is 0.478 e. The summed E-state index contributed by atoms with van der Waals surface area (Å²) in [6.07, 6.45) is 0. The Morgan fingerprint density at radius 3 is 2.50 bits per heavy atom. The number of hydrogen-bond donors (Lipinski definition) is 1. The van der Waals surface area contributed by atoms with Crippen LogP contribution in [0.15, 0.2) is 42.5 Å². The summed E-state index contributed by atoms with van der Waals surface area (Å²) in [5, 5.41) is 10.9. The zero-order chi connectivity index (χ0) is 15.9. The zero-order valence-corrected chi connectivity index (χ0v) is 13.0. The van der Waals surface area contributed by atoms with Crippen LogP contribution in [0.2, 0.25) is 5.02 Å². The second-order valence-corrected chi connectivity index (χ2v) is 5.73. The molecule has 0 spiro atoms. The lowest BCUT2D eigenvalue weighted by Gasteiger charge is -2.11. The van der Waals surface area contributed by atoms with Crippen molar-refractivity contribution in [2.75, 3.05) is 0 Å². The number of benzene rings is 2. The third-order valence-electron chi connectivity index (χ3n) is 3.72. The Kier molecular flexibility index (Phi) is 3.59. The highest BCUT2D eigenvalue weighted by atomic mass is 35.5. The van der Waals surface area contributed by atoms with E-state index in [0.29, 0.717) is 16.1 Å². The van der Waals surface area contributed by atoms with Gasteiger partial charge in [-0.2, -0.15) is 0 Å². The number of fused-ring (bicyclic) bond motifs is 1. The van der Waals surface area contributed by atoms with E-state index in [9.17, 15) is 9.90 Å². The molecule has 0 fully saturated rings. The van der Waals surface area contributed by atoms with Crippen molar-refractivity contribution < 1.29 is 9.90 Å². The normalized spacial score (nSPS) is 10.9. The number of halogens is 1. The maximum Gasteiger partial charge on any atom is 0.336 e. The first-order valence-electron chi connectivity index (χ1n) is 6.87. The van der Waals surface area contributed by atoms with Crippen LogP contribution in [-0.2, 0) is 0 Å². The fourth-order valence-electron chi connectivity index (χ4n) is 2.61. The van der Waals surface area contributed by atoms with Crippen LogP contribution in [-0.4, -0.2) is 16.1 Å². The Morgan fingerprint density at radius 2 is 1.82 bits per heavy atom. The maximum atomic E-state index is 11.7. The molecule has 4 heteroatoms. The standard InChI is InChI=1S/C18H14ClNO2/c1-10-6-7-11(2)17-16(10)14(18(21)22)9-15(20-17)12-4-3-5-13(19)8-12/h3-9H,1-2H3,(H,21,22). The highest BCUT2D eigenvalue weighted by molar-refractivity contribution is 6.30. The fraction of sp³-hybridized carbons (Fsp3) is 0.111. The van der Waals surface area contributed by atoms with Crippen LogP contribution in [0.1, 0.15) is 21.5 Å². The van der Waals surface area contributed by atoms with Gasteiger partial charge in [0.05, 0.1) is 16.8 Å². The van der Waals surface area contributed by atoms with Gasteiger partial charge in [-0.15, -0.1) is 0 Å². The Hall–Kier alpha value is -2.39. The van der Waals surface area contributed by atoms with Crippen molar-refractivity contribution in [3.8, 4) is 11.3 Å². The molecule has 22 heavy (non-hydrogen) atoms. The predicted molar refractivity (Wildman–Crippen MR) is 88.6 cm³/mol. The SMILES string of the molecule is Cc1ccc(C)c2c(C(=O)O)cc(-c3cccc(Cl)c3)nc12. The van der Waals surface area contributed by atoms with Gasteiger partial charge in [-0.05, 0) is 43.2 Å². The second-order valence-electron chi connectivity index (χ2n) is 5.29. The van der Waals surface area contributed by atoms with Crippen LogP contribution in [0.25, 0.3) is 22.2 Å². The highest BCUT2D eigenvalue weighted by Gasteiger charge is 2.16. The maximum absolute atomic E-state index is 11.7. The Balaban J connectivity index is 2.39. The summed E-state index contributed by atoms with van der Waals surface area (Å²) in [5.41, 5.74) is 4.25. The third kappa shape index (κ3) is 2.44. The molecule has 1 N–H and O–H groups in total. The molecule has 0 aliphatic heterocycles. The third-order valence-corrected chi connectivity index (χ3v) is 3.96. The molecular weight excluding hydrogens is 298 g/mol.